The number of hydrogen-bond donors (Lipinski definition) is 1. The molecule has 0 aliphatic carbocycles. The molecule has 1 fully saturated rings. The summed E-state index contributed by atoms with van der Waals surface area (Å²) in [5.74, 6) is 1.44. The van der Waals surface area contributed by atoms with Crippen LogP contribution < -0.4 is 5.56 Å². The summed E-state index contributed by atoms with van der Waals surface area (Å²) in [5, 5.41) is 0.895. The number of rotatable bonds is 4. The van der Waals surface area contributed by atoms with Crippen molar-refractivity contribution < 1.29 is 4.42 Å². The highest BCUT2D eigenvalue weighted by atomic mass is 16.3. The highest BCUT2D eigenvalue weighted by Gasteiger charge is 2.21. The quantitative estimate of drug-likeness (QED) is 0.584. The second kappa shape index (κ2) is 7.24. The van der Waals surface area contributed by atoms with Crippen molar-refractivity contribution >= 4 is 22.1 Å². The van der Waals surface area contributed by atoms with Gasteiger partial charge in [0.1, 0.15) is 16.9 Å². The Kier molecular flexibility index (Phi) is 4.45. The van der Waals surface area contributed by atoms with E-state index >= 15 is 0 Å². The van der Waals surface area contributed by atoms with Crippen LogP contribution in [0.1, 0.15) is 24.2 Å². The van der Waals surface area contributed by atoms with E-state index in [0.29, 0.717) is 29.1 Å². The fourth-order valence-corrected chi connectivity index (χ4v) is 4.23. The van der Waals surface area contributed by atoms with Crippen molar-refractivity contribution in [1.82, 2.24) is 14.9 Å². The van der Waals surface area contributed by atoms with Crippen molar-refractivity contribution in [2.24, 2.45) is 5.92 Å². The van der Waals surface area contributed by atoms with Gasteiger partial charge in [0.2, 0.25) is 5.58 Å². The van der Waals surface area contributed by atoms with Crippen LogP contribution in [0.25, 0.3) is 22.1 Å². The lowest BCUT2D eigenvalue weighted by Crippen LogP contribution is -2.34. The van der Waals surface area contributed by atoms with E-state index in [1.165, 1.54) is 18.4 Å². The Labute approximate surface area is 163 Å². The number of para-hydroxylation sites is 1. The van der Waals surface area contributed by atoms with Crippen molar-refractivity contribution in [3.05, 3.63) is 76.3 Å². The zero-order chi connectivity index (χ0) is 18.9. The molecule has 1 saturated heterocycles. The van der Waals surface area contributed by atoms with Crippen molar-refractivity contribution in [3.63, 3.8) is 0 Å². The molecule has 2 aromatic heterocycles. The Morgan fingerprint density at radius 2 is 1.79 bits per heavy atom. The molecule has 1 N–H and O–H groups in total. The number of likely N-dealkylation sites (tertiary alicyclic amines) is 1. The minimum Gasteiger partial charge on any atom is -0.449 e. The van der Waals surface area contributed by atoms with Crippen LogP contribution in [-0.4, -0.2) is 28.0 Å². The van der Waals surface area contributed by atoms with Crippen LogP contribution in [0.3, 0.4) is 0 Å². The number of piperidine rings is 1. The van der Waals surface area contributed by atoms with Crippen LogP contribution in [0.15, 0.2) is 63.8 Å². The third kappa shape index (κ3) is 3.34. The van der Waals surface area contributed by atoms with Gasteiger partial charge in [0.25, 0.3) is 5.56 Å². The summed E-state index contributed by atoms with van der Waals surface area (Å²) >= 11 is 0. The molecule has 0 atom stereocenters. The maximum atomic E-state index is 12.5. The summed E-state index contributed by atoms with van der Waals surface area (Å²) in [4.78, 5) is 22.5. The molecule has 5 nitrogen and oxygen atoms in total. The lowest BCUT2D eigenvalue weighted by molar-refractivity contribution is 0.173. The first-order chi connectivity index (χ1) is 13.8. The molecule has 1 aliphatic rings. The number of fused-ring (bicyclic) bond motifs is 3. The van der Waals surface area contributed by atoms with Crippen LogP contribution in [0.2, 0.25) is 0 Å². The van der Waals surface area contributed by atoms with Gasteiger partial charge in [-0.05, 0) is 56.0 Å². The van der Waals surface area contributed by atoms with E-state index in [-0.39, 0.29) is 5.56 Å². The van der Waals surface area contributed by atoms with Gasteiger partial charge in [0.15, 0.2) is 0 Å². The molecule has 2 aromatic carbocycles. The minimum absolute atomic E-state index is 0.199. The Hall–Kier alpha value is -2.92. The first-order valence-corrected chi connectivity index (χ1v) is 9.93. The summed E-state index contributed by atoms with van der Waals surface area (Å²) in [6, 6.07) is 18.4. The third-order valence-corrected chi connectivity index (χ3v) is 5.73. The van der Waals surface area contributed by atoms with Gasteiger partial charge in [-0.25, -0.2) is 4.98 Å². The van der Waals surface area contributed by atoms with Crippen molar-refractivity contribution in [2.75, 3.05) is 13.1 Å². The maximum absolute atomic E-state index is 12.5. The Balaban J connectivity index is 1.30. The number of aromatic nitrogens is 2. The van der Waals surface area contributed by atoms with Gasteiger partial charge in [-0.2, -0.15) is 0 Å². The van der Waals surface area contributed by atoms with E-state index < -0.39 is 0 Å². The van der Waals surface area contributed by atoms with Crippen LogP contribution in [0.5, 0.6) is 0 Å². The normalized spacial score (nSPS) is 16.1. The van der Waals surface area contributed by atoms with Crippen LogP contribution >= 0.6 is 0 Å². The first-order valence-electron chi connectivity index (χ1n) is 9.93. The fourth-order valence-electron chi connectivity index (χ4n) is 4.23. The maximum Gasteiger partial charge on any atom is 0.294 e. The van der Waals surface area contributed by atoms with Gasteiger partial charge in [-0.15, -0.1) is 0 Å². The molecule has 5 rings (SSSR count). The molecular formula is C23H23N3O2. The number of furan rings is 1. The molecule has 0 unspecified atom stereocenters. The predicted octanol–water partition coefficient (Wildman–Crippen LogP) is 4.12. The molecule has 28 heavy (non-hydrogen) atoms. The summed E-state index contributed by atoms with van der Waals surface area (Å²) < 4.78 is 5.68. The van der Waals surface area contributed by atoms with Gasteiger partial charge in [-0.1, -0.05) is 42.5 Å². The van der Waals surface area contributed by atoms with Crippen molar-refractivity contribution in [1.29, 1.82) is 0 Å². The average Bonchev–Trinajstić information content (AvgIpc) is 3.10. The number of benzene rings is 2. The fraction of sp³-hybridized carbons (Fsp3) is 0.304. The lowest BCUT2D eigenvalue weighted by Gasteiger charge is -2.31. The van der Waals surface area contributed by atoms with E-state index in [0.717, 1.165) is 30.8 Å². The zero-order valence-corrected chi connectivity index (χ0v) is 15.7. The molecule has 0 radical (unpaired) electrons. The third-order valence-electron chi connectivity index (χ3n) is 5.73. The molecule has 0 bridgehead atoms. The van der Waals surface area contributed by atoms with Gasteiger partial charge in [0, 0.05) is 5.39 Å². The number of nitrogens with zero attached hydrogens (tertiary/aromatic N) is 2. The molecule has 5 heteroatoms. The van der Waals surface area contributed by atoms with Crippen molar-refractivity contribution in [3.8, 4) is 0 Å². The van der Waals surface area contributed by atoms with E-state index in [1.54, 1.807) is 0 Å². The van der Waals surface area contributed by atoms with Crippen LogP contribution in [-0.2, 0) is 13.0 Å². The minimum atomic E-state index is -0.199. The molecule has 3 heterocycles. The van der Waals surface area contributed by atoms with Gasteiger partial charge < -0.3 is 9.40 Å². The van der Waals surface area contributed by atoms with E-state index in [2.05, 4.69) is 40.2 Å². The topological polar surface area (TPSA) is 62.1 Å². The number of hydrogen-bond acceptors (Lipinski definition) is 4. The molecule has 4 aromatic rings. The molecule has 1 aliphatic heterocycles. The second-order valence-electron chi connectivity index (χ2n) is 7.70. The highest BCUT2D eigenvalue weighted by Crippen LogP contribution is 2.25. The SMILES string of the molecule is O=c1[nH]c(CN2CCC(Cc3ccccc3)CC2)nc2c1oc1ccccc12. The number of aromatic amines is 1. The van der Waals surface area contributed by atoms with Gasteiger partial charge in [0.05, 0.1) is 6.54 Å². The standard InChI is InChI=1S/C23H23N3O2/c27-23-22-21(18-8-4-5-9-19(18)28-22)24-20(25-23)15-26-12-10-17(11-13-26)14-16-6-2-1-3-7-16/h1-9,17H,10-15H2,(H,24,25,27). The predicted molar refractivity (Wildman–Crippen MR) is 110 cm³/mol. The summed E-state index contributed by atoms with van der Waals surface area (Å²) in [5.41, 5.74) is 2.90. The molecule has 0 spiro atoms. The second-order valence-corrected chi connectivity index (χ2v) is 7.70. The van der Waals surface area contributed by atoms with E-state index in [4.69, 9.17) is 9.40 Å². The first kappa shape index (κ1) is 17.2. The van der Waals surface area contributed by atoms with Gasteiger partial charge >= 0.3 is 0 Å². The van der Waals surface area contributed by atoms with Gasteiger partial charge in [-0.3, -0.25) is 9.69 Å². The zero-order valence-electron chi connectivity index (χ0n) is 15.7. The molecule has 0 amide bonds. The van der Waals surface area contributed by atoms with E-state index in [9.17, 15) is 4.79 Å². The monoisotopic (exact) mass is 373 g/mol. The van der Waals surface area contributed by atoms with Crippen LogP contribution in [0.4, 0.5) is 0 Å². The molecule has 142 valence electrons. The van der Waals surface area contributed by atoms with Crippen LogP contribution in [0, 0.1) is 5.92 Å². The van der Waals surface area contributed by atoms with E-state index in [1.807, 2.05) is 24.3 Å². The summed E-state index contributed by atoms with van der Waals surface area (Å²) in [7, 11) is 0. The Morgan fingerprint density at radius 1 is 1.04 bits per heavy atom. The summed E-state index contributed by atoms with van der Waals surface area (Å²) in [6.07, 6.45) is 3.50. The number of H-pyrrole nitrogens is 1. The molecule has 0 saturated carbocycles. The largest absolute Gasteiger partial charge is 0.449 e. The lowest BCUT2D eigenvalue weighted by atomic mass is 9.90. The number of nitrogens with one attached hydrogen (secondary N) is 1. The average molecular weight is 373 g/mol. The highest BCUT2D eigenvalue weighted by molar-refractivity contribution is 6.01. The Bertz CT molecular complexity index is 1150. The van der Waals surface area contributed by atoms with Crippen molar-refractivity contribution in [2.45, 2.75) is 25.8 Å². The smallest absolute Gasteiger partial charge is 0.294 e. The summed E-state index contributed by atoms with van der Waals surface area (Å²) in [6.45, 7) is 2.74. The molecular weight excluding hydrogens is 350 g/mol. The Morgan fingerprint density at radius 3 is 2.61 bits per heavy atom.